The van der Waals surface area contributed by atoms with Crippen molar-refractivity contribution in [3.8, 4) is 12.1 Å². The van der Waals surface area contributed by atoms with E-state index in [4.69, 9.17) is 10.5 Å². The second-order valence-electron chi connectivity index (χ2n) is 8.74. The summed E-state index contributed by atoms with van der Waals surface area (Å²) in [5.41, 5.74) is 5.40. The number of carbonyl (C=O) groups excluding carboxylic acids is 1. The van der Waals surface area contributed by atoms with Gasteiger partial charge >= 0.3 is 0 Å². The van der Waals surface area contributed by atoms with Crippen LogP contribution in [-0.2, 0) is 0 Å². The highest BCUT2D eigenvalue weighted by molar-refractivity contribution is 5.99. The summed E-state index contributed by atoms with van der Waals surface area (Å²) in [6.45, 7) is 5.40. The van der Waals surface area contributed by atoms with Gasteiger partial charge in [-0.3, -0.25) is 4.79 Å². The Hall–Kier alpha value is -4.69. The largest absolute Gasteiger partial charge is 0.339 e. The number of carbonyl (C=O) groups is 1. The van der Waals surface area contributed by atoms with Crippen LogP contribution >= 0.6 is 0 Å². The van der Waals surface area contributed by atoms with Gasteiger partial charge in [-0.25, -0.2) is 4.98 Å². The van der Waals surface area contributed by atoms with E-state index in [2.05, 4.69) is 26.7 Å². The maximum Gasteiger partial charge on any atom is 0.259 e. The number of nitrogens with zero attached hydrogens (tertiary/aromatic N) is 5. The van der Waals surface area contributed by atoms with Gasteiger partial charge in [0.1, 0.15) is 11.4 Å². The Bertz CT molecular complexity index is 1350. The molecule has 0 spiro atoms. The van der Waals surface area contributed by atoms with Crippen LogP contribution in [0.2, 0.25) is 0 Å². The van der Waals surface area contributed by atoms with Crippen LogP contribution in [0.25, 0.3) is 6.08 Å². The third kappa shape index (κ3) is 5.68. The van der Waals surface area contributed by atoms with Gasteiger partial charge in [-0.1, -0.05) is 0 Å². The molecule has 0 unspecified atom stereocenters. The molecule has 1 aliphatic rings. The van der Waals surface area contributed by atoms with Crippen LogP contribution in [0.5, 0.6) is 0 Å². The molecular weight excluding hydrogens is 450 g/mol. The lowest BCUT2D eigenvalue weighted by Crippen LogP contribution is -2.36. The van der Waals surface area contributed by atoms with Crippen molar-refractivity contribution in [3.63, 3.8) is 0 Å². The number of piperidine rings is 1. The first-order valence-electron chi connectivity index (χ1n) is 11.9. The number of benzene rings is 2. The number of hydrogen-bond donors (Lipinski definition) is 2. The van der Waals surface area contributed by atoms with Gasteiger partial charge in [0, 0.05) is 36.7 Å². The summed E-state index contributed by atoms with van der Waals surface area (Å²) in [6, 6.07) is 15.1. The maximum atomic E-state index is 13.4. The zero-order valence-corrected chi connectivity index (χ0v) is 20.4. The highest BCUT2D eigenvalue weighted by atomic mass is 16.2. The van der Waals surface area contributed by atoms with E-state index >= 15 is 0 Å². The van der Waals surface area contributed by atoms with Gasteiger partial charge in [0.25, 0.3) is 5.91 Å². The van der Waals surface area contributed by atoms with E-state index in [-0.39, 0.29) is 5.91 Å². The third-order valence-corrected chi connectivity index (χ3v) is 6.08. The fraction of sp³-hybridized carbons (Fsp3) is 0.250. The normalized spacial score (nSPS) is 13.2. The van der Waals surface area contributed by atoms with Crippen LogP contribution in [0.4, 0.5) is 23.1 Å². The fourth-order valence-corrected chi connectivity index (χ4v) is 4.26. The van der Waals surface area contributed by atoms with Crippen LogP contribution in [0, 0.1) is 36.5 Å². The maximum absolute atomic E-state index is 13.4. The summed E-state index contributed by atoms with van der Waals surface area (Å²) in [6.07, 6.45) is 7.88. The number of nitriles is 2. The van der Waals surface area contributed by atoms with Gasteiger partial charge in [0.15, 0.2) is 0 Å². The van der Waals surface area contributed by atoms with E-state index in [0.717, 1.165) is 60.4 Å². The number of anilines is 4. The topological polar surface area (TPSA) is 118 Å². The molecule has 1 fully saturated rings. The number of likely N-dealkylation sites (tertiary alicyclic amines) is 1. The number of aromatic nitrogens is 2. The molecule has 0 atom stereocenters. The lowest BCUT2D eigenvalue weighted by atomic mass is 10.0. The van der Waals surface area contributed by atoms with Crippen molar-refractivity contribution in [3.05, 3.63) is 76.5 Å². The Balaban J connectivity index is 1.70. The second-order valence-corrected chi connectivity index (χ2v) is 8.74. The Morgan fingerprint density at radius 2 is 1.72 bits per heavy atom. The van der Waals surface area contributed by atoms with Crippen molar-refractivity contribution in [1.82, 2.24) is 14.9 Å². The average molecular weight is 478 g/mol. The Kier molecular flexibility index (Phi) is 7.57. The van der Waals surface area contributed by atoms with Crippen molar-refractivity contribution in [1.29, 1.82) is 10.5 Å². The molecule has 0 radical (unpaired) electrons. The summed E-state index contributed by atoms with van der Waals surface area (Å²) < 4.78 is 0. The lowest BCUT2D eigenvalue weighted by molar-refractivity contribution is 0.0724. The number of nitrogens with one attached hydrogen (secondary N) is 2. The summed E-state index contributed by atoms with van der Waals surface area (Å²) in [4.78, 5) is 24.4. The molecule has 3 aromatic rings. The predicted octanol–water partition coefficient (Wildman–Crippen LogP) is 5.62. The molecule has 0 aliphatic carbocycles. The van der Waals surface area contributed by atoms with Gasteiger partial charge in [-0.15, -0.1) is 0 Å². The minimum Gasteiger partial charge on any atom is -0.339 e. The molecule has 180 valence electrons. The standard InChI is InChI=1S/C28H27N7O/c1-19-15-22(7-6-12-29)16-20(2)25(19)33-26-24(27(36)35-13-4-3-5-14-35)18-31-28(34-26)32-23-10-8-21(17-30)9-11-23/h6-11,15-16,18H,3-5,13-14H2,1-2H3,(H2,31,32,33,34)/b7-6+. The first kappa shape index (κ1) is 24.4. The molecule has 2 aromatic carbocycles. The number of amides is 1. The van der Waals surface area contributed by atoms with Crippen molar-refractivity contribution in [2.24, 2.45) is 0 Å². The minimum absolute atomic E-state index is 0.0917. The Labute approximate surface area is 210 Å². The van der Waals surface area contributed by atoms with Crippen LogP contribution < -0.4 is 10.6 Å². The first-order chi connectivity index (χ1) is 17.5. The highest BCUT2D eigenvalue weighted by Crippen LogP contribution is 2.29. The number of allylic oxidation sites excluding steroid dienone is 1. The Morgan fingerprint density at radius 1 is 1.03 bits per heavy atom. The molecule has 8 nitrogen and oxygen atoms in total. The fourth-order valence-electron chi connectivity index (χ4n) is 4.26. The van der Waals surface area contributed by atoms with Gasteiger partial charge in [0.05, 0.1) is 17.7 Å². The van der Waals surface area contributed by atoms with Gasteiger partial charge in [0.2, 0.25) is 5.95 Å². The van der Waals surface area contributed by atoms with E-state index < -0.39 is 0 Å². The molecule has 8 heteroatoms. The molecule has 0 saturated carbocycles. The molecule has 0 bridgehead atoms. The summed E-state index contributed by atoms with van der Waals surface area (Å²) in [5, 5.41) is 24.4. The summed E-state index contributed by atoms with van der Waals surface area (Å²) in [7, 11) is 0. The van der Waals surface area contributed by atoms with E-state index in [1.165, 1.54) is 6.08 Å². The molecular formula is C28H27N7O. The highest BCUT2D eigenvalue weighted by Gasteiger charge is 2.23. The minimum atomic E-state index is -0.0917. The molecule has 1 aliphatic heterocycles. The summed E-state index contributed by atoms with van der Waals surface area (Å²) >= 11 is 0. The molecule has 2 heterocycles. The van der Waals surface area contributed by atoms with Crippen LogP contribution in [-0.4, -0.2) is 33.9 Å². The molecule has 1 amide bonds. The first-order valence-corrected chi connectivity index (χ1v) is 11.9. The molecule has 4 rings (SSSR count). The molecule has 1 aromatic heterocycles. The summed E-state index contributed by atoms with van der Waals surface area (Å²) in [5.74, 6) is 0.663. The van der Waals surface area contributed by atoms with E-state index in [0.29, 0.717) is 22.9 Å². The van der Waals surface area contributed by atoms with Gasteiger partial charge in [-0.05, 0) is 92.3 Å². The third-order valence-electron chi connectivity index (χ3n) is 6.08. The van der Waals surface area contributed by atoms with E-state index in [9.17, 15) is 4.79 Å². The zero-order chi connectivity index (χ0) is 25.5. The monoisotopic (exact) mass is 477 g/mol. The Morgan fingerprint density at radius 3 is 2.36 bits per heavy atom. The molecule has 1 saturated heterocycles. The van der Waals surface area contributed by atoms with Crippen LogP contribution in [0.3, 0.4) is 0 Å². The smallest absolute Gasteiger partial charge is 0.259 e. The van der Waals surface area contributed by atoms with Crippen molar-refractivity contribution >= 4 is 35.1 Å². The van der Waals surface area contributed by atoms with Crippen LogP contribution in [0.1, 0.15) is 51.9 Å². The number of aryl methyl sites for hydroxylation is 2. The predicted molar refractivity (Wildman–Crippen MR) is 140 cm³/mol. The molecule has 2 N–H and O–H groups in total. The van der Waals surface area contributed by atoms with Gasteiger partial charge in [-0.2, -0.15) is 15.5 Å². The number of hydrogen-bond acceptors (Lipinski definition) is 7. The zero-order valence-electron chi connectivity index (χ0n) is 20.4. The average Bonchev–Trinajstić information content (AvgIpc) is 2.90. The van der Waals surface area contributed by atoms with E-state index in [1.807, 2.05) is 36.9 Å². The lowest BCUT2D eigenvalue weighted by Gasteiger charge is -2.27. The second kappa shape index (κ2) is 11.2. The van der Waals surface area contributed by atoms with Crippen molar-refractivity contribution < 1.29 is 4.79 Å². The number of rotatable bonds is 6. The molecule has 36 heavy (non-hydrogen) atoms. The van der Waals surface area contributed by atoms with Crippen LogP contribution in [0.15, 0.2) is 48.7 Å². The van der Waals surface area contributed by atoms with Crippen molar-refractivity contribution in [2.45, 2.75) is 33.1 Å². The van der Waals surface area contributed by atoms with Gasteiger partial charge < -0.3 is 15.5 Å². The quantitative estimate of drug-likeness (QED) is 0.443. The van der Waals surface area contributed by atoms with E-state index in [1.54, 1.807) is 36.5 Å². The SMILES string of the molecule is Cc1cc(/C=C/C#N)cc(C)c1Nc1nc(Nc2ccc(C#N)cc2)ncc1C(=O)N1CCCCC1. The van der Waals surface area contributed by atoms with Crippen molar-refractivity contribution in [2.75, 3.05) is 23.7 Å².